The minimum atomic E-state index is -3.18. The number of ether oxygens (including phenoxy) is 2. The topological polar surface area (TPSA) is 88.2 Å². The van der Waals surface area contributed by atoms with Crippen LogP contribution in [0.5, 0.6) is 11.5 Å². The first-order chi connectivity index (χ1) is 20.9. The smallest absolute Gasteiger partial charge is 0.232 e. The molecule has 236 valence electrons. The second kappa shape index (κ2) is 13.4. The monoisotopic (exact) mass is 639 g/mol. The van der Waals surface area contributed by atoms with E-state index in [2.05, 4.69) is 28.8 Å². The van der Waals surface area contributed by atoms with Crippen LogP contribution in [0.15, 0.2) is 60.7 Å². The molecule has 1 atom stereocenters. The molecule has 1 heterocycles. The number of anilines is 2. The largest absolute Gasteiger partial charge is 0.492 e. The Morgan fingerprint density at radius 2 is 1.66 bits per heavy atom. The van der Waals surface area contributed by atoms with E-state index < -0.39 is 16.1 Å². The lowest BCUT2D eigenvalue weighted by atomic mass is 9.86. The van der Waals surface area contributed by atoms with Gasteiger partial charge in [-0.25, -0.2) is 13.1 Å². The molecule has 1 saturated carbocycles. The summed E-state index contributed by atoms with van der Waals surface area (Å²) < 4.78 is 38.0. The maximum atomic E-state index is 13.8. The normalized spacial score (nSPS) is 20.4. The van der Waals surface area contributed by atoms with Gasteiger partial charge in [-0.2, -0.15) is 0 Å². The van der Waals surface area contributed by atoms with Crippen LogP contribution in [-0.4, -0.2) is 53.4 Å². The van der Waals surface area contributed by atoms with Crippen molar-refractivity contribution in [3.63, 3.8) is 0 Å². The molecule has 0 bridgehead atoms. The number of rotatable bonds is 10. The second-order valence-electron chi connectivity index (χ2n) is 12.2. The Kier molecular flexibility index (Phi) is 9.77. The zero-order valence-corrected chi connectivity index (χ0v) is 27.6. The fraction of sp³-hybridized carbons (Fsp3) is 0.441. The molecule has 0 radical (unpaired) electrons. The predicted molar refractivity (Wildman–Crippen MR) is 177 cm³/mol. The standard InChI is InChI=1S/C34H42ClN3O5S/c1-22(2)43-30-19-10-25-20-31(39)38(33(32(25)34(30)42-4)24-8-11-26(35)12-9-24)29-17-15-28(16-18-29)37(3)21-23-6-13-27(14-7-23)36-44(5,40)41/h8-12,15-19,22-23,27,33,36H,6-7,13-14,20-21H2,1-5H3/t23-,27-,33-/m0/s1. The number of benzene rings is 3. The van der Waals surface area contributed by atoms with Crippen LogP contribution in [-0.2, 0) is 21.2 Å². The number of fused-ring (bicyclic) bond motifs is 1. The number of carbonyl (C=O) groups excluding carboxylic acids is 1. The van der Waals surface area contributed by atoms with Crippen molar-refractivity contribution in [1.82, 2.24) is 4.72 Å². The highest BCUT2D eigenvalue weighted by Crippen LogP contribution is 2.47. The summed E-state index contributed by atoms with van der Waals surface area (Å²) in [6.45, 7) is 4.83. The van der Waals surface area contributed by atoms with Gasteiger partial charge in [-0.3, -0.25) is 4.79 Å². The summed E-state index contributed by atoms with van der Waals surface area (Å²) in [4.78, 5) is 17.9. The summed E-state index contributed by atoms with van der Waals surface area (Å²) in [6, 6.07) is 19.2. The maximum Gasteiger partial charge on any atom is 0.232 e. The fourth-order valence-corrected chi connectivity index (χ4v) is 7.50. The van der Waals surface area contributed by atoms with Gasteiger partial charge in [0.15, 0.2) is 11.5 Å². The molecule has 1 N–H and O–H groups in total. The molecule has 1 amide bonds. The third-order valence-corrected chi connectivity index (χ3v) is 9.49. The van der Waals surface area contributed by atoms with Gasteiger partial charge in [-0.15, -0.1) is 0 Å². The van der Waals surface area contributed by atoms with Gasteiger partial charge in [0.05, 0.1) is 31.9 Å². The Morgan fingerprint density at radius 3 is 2.25 bits per heavy atom. The average Bonchev–Trinajstić information content (AvgIpc) is 2.97. The van der Waals surface area contributed by atoms with Crippen molar-refractivity contribution in [2.24, 2.45) is 5.92 Å². The first-order valence-corrected chi connectivity index (χ1v) is 17.4. The summed E-state index contributed by atoms with van der Waals surface area (Å²) in [5.74, 6) is 1.76. The minimum Gasteiger partial charge on any atom is -0.492 e. The molecule has 3 aromatic carbocycles. The fourth-order valence-electron chi connectivity index (χ4n) is 6.53. The van der Waals surface area contributed by atoms with Crippen LogP contribution in [0.3, 0.4) is 0 Å². The van der Waals surface area contributed by atoms with E-state index in [1.165, 1.54) is 6.26 Å². The van der Waals surface area contributed by atoms with Crippen molar-refractivity contribution in [1.29, 1.82) is 0 Å². The lowest BCUT2D eigenvalue weighted by Gasteiger charge is -2.39. The molecular formula is C34H42ClN3O5S. The van der Waals surface area contributed by atoms with E-state index in [-0.39, 0.29) is 24.5 Å². The van der Waals surface area contributed by atoms with Crippen LogP contribution < -0.4 is 24.0 Å². The van der Waals surface area contributed by atoms with Gasteiger partial charge in [-0.1, -0.05) is 29.8 Å². The Morgan fingerprint density at radius 1 is 1.00 bits per heavy atom. The molecule has 3 aromatic rings. The van der Waals surface area contributed by atoms with Gasteiger partial charge in [0.1, 0.15) is 0 Å². The number of amides is 1. The van der Waals surface area contributed by atoms with Crippen molar-refractivity contribution in [3.05, 3.63) is 82.4 Å². The molecule has 0 unspecified atom stereocenters. The second-order valence-corrected chi connectivity index (χ2v) is 14.5. The quantitative estimate of drug-likeness (QED) is 0.278. The Labute approximate surface area is 266 Å². The molecule has 1 fully saturated rings. The number of carbonyl (C=O) groups is 1. The van der Waals surface area contributed by atoms with Gasteiger partial charge < -0.3 is 19.3 Å². The maximum absolute atomic E-state index is 13.8. The van der Waals surface area contributed by atoms with Gasteiger partial charge in [0.25, 0.3) is 0 Å². The van der Waals surface area contributed by atoms with E-state index in [1.54, 1.807) is 7.11 Å². The Hall–Kier alpha value is -3.27. The van der Waals surface area contributed by atoms with Crippen LogP contribution in [0.1, 0.15) is 62.3 Å². The van der Waals surface area contributed by atoms with Crippen LogP contribution in [0.25, 0.3) is 0 Å². The third kappa shape index (κ3) is 7.33. The third-order valence-electron chi connectivity index (χ3n) is 8.47. The number of nitrogens with zero attached hydrogens (tertiary/aromatic N) is 2. The summed E-state index contributed by atoms with van der Waals surface area (Å²) >= 11 is 6.27. The number of hydrogen-bond acceptors (Lipinski definition) is 6. The molecule has 0 spiro atoms. The van der Waals surface area contributed by atoms with Crippen molar-refractivity contribution < 1.29 is 22.7 Å². The first-order valence-electron chi connectivity index (χ1n) is 15.2. The number of nitrogens with one attached hydrogen (secondary N) is 1. The first kappa shape index (κ1) is 32.1. The van der Waals surface area contributed by atoms with E-state index in [1.807, 2.05) is 67.3 Å². The summed E-state index contributed by atoms with van der Waals surface area (Å²) in [5.41, 5.74) is 4.60. The SMILES string of the molecule is COc1c(OC(C)C)ccc2c1[C@H](c1ccc(Cl)cc1)N(c1ccc(N(C)C[C@H]3CC[C@H](NS(C)(=O)=O)CC3)cc1)C(=O)C2. The Bertz CT molecular complexity index is 1570. The molecule has 2 aliphatic rings. The van der Waals surface area contributed by atoms with Crippen molar-refractivity contribution in [2.75, 3.05) is 36.8 Å². The van der Waals surface area contributed by atoms with Crippen molar-refractivity contribution in [3.8, 4) is 11.5 Å². The molecule has 1 aliphatic heterocycles. The highest BCUT2D eigenvalue weighted by atomic mass is 35.5. The van der Waals surface area contributed by atoms with Gasteiger partial charge in [0.2, 0.25) is 15.9 Å². The predicted octanol–water partition coefficient (Wildman–Crippen LogP) is 6.36. The number of halogens is 1. The molecule has 8 nitrogen and oxygen atoms in total. The molecular weight excluding hydrogens is 598 g/mol. The van der Waals surface area contributed by atoms with Gasteiger partial charge in [-0.05, 0) is 99.0 Å². The molecule has 0 aromatic heterocycles. The highest BCUT2D eigenvalue weighted by molar-refractivity contribution is 7.88. The molecule has 10 heteroatoms. The van der Waals surface area contributed by atoms with Gasteiger partial charge >= 0.3 is 0 Å². The van der Waals surface area contributed by atoms with E-state index in [9.17, 15) is 13.2 Å². The van der Waals surface area contributed by atoms with E-state index >= 15 is 0 Å². The van der Waals surface area contributed by atoms with Crippen LogP contribution in [0.2, 0.25) is 5.02 Å². The molecule has 1 aliphatic carbocycles. The molecule has 5 rings (SSSR count). The van der Waals surface area contributed by atoms with E-state index in [4.69, 9.17) is 21.1 Å². The molecule has 44 heavy (non-hydrogen) atoms. The van der Waals surface area contributed by atoms with E-state index in [0.29, 0.717) is 22.4 Å². The Balaban J connectivity index is 1.42. The van der Waals surface area contributed by atoms with Crippen molar-refractivity contribution >= 4 is 38.9 Å². The van der Waals surface area contributed by atoms with Crippen LogP contribution in [0, 0.1) is 5.92 Å². The van der Waals surface area contributed by atoms with Crippen molar-refractivity contribution in [2.45, 2.75) is 64.1 Å². The lowest BCUT2D eigenvalue weighted by Crippen LogP contribution is -2.41. The zero-order valence-electron chi connectivity index (χ0n) is 26.0. The number of sulfonamides is 1. The summed E-state index contributed by atoms with van der Waals surface area (Å²) in [6.07, 6.45) is 5.08. The van der Waals surface area contributed by atoms with Crippen LogP contribution >= 0.6 is 11.6 Å². The van der Waals surface area contributed by atoms with Gasteiger partial charge in [0, 0.05) is 41.6 Å². The zero-order chi connectivity index (χ0) is 31.6. The lowest BCUT2D eigenvalue weighted by molar-refractivity contribution is -0.118. The minimum absolute atomic E-state index is 0.00222. The average molecular weight is 640 g/mol. The summed E-state index contributed by atoms with van der Waals surface area (Å²) in [5, 5.41) is 0.624. The highest BCUT2D eigenvalue weighted by Gasteiger charge is 2.38. The molecule has 0 saturated heterocycles. The summed E-state index contributed by atoms with van der Waals surface area (Å²) in [7, 11) is 0.536. The van der Waals surface area contributed by atoms with E-state index in [0.717, 1.165) is 60.3 Å². The number of methoxy groups -OCH3 is 1. The number of hydrogen-bond donors (Lipinski definition) is 1. The van der Waals surface area contributed by atoms with Crippen LogP contribution in [0.4, 0.5) is 11.4 Å².